The maximum atomic E-state index is 11.5. The van der Waals surface area contributed by atoms with E-state index < -0.39 is 6.09 Å². The summed E-state index contributed by atoms with van der Waals surface area (Å²) in [4.78, 5) is 11.5. The second-order valence-electron chi connectivity index (χ2n) is 5.80. The minimum atomic E-state index is -0.444. The summed E-state index contributed by atoms with van der Waals surface area (Å²) in [6, 6.07) is 28.3. The van der Waals surface area contributed by atoms with E-state index in [4.69, 9.17) is 17.0 Å². The zero-order valence-electron chi connectivity index (χ0n) is 15.4. The molecule has 0 fully saturated rings. The van der Waals surface area contributed by atoms with Crippen LogP contribution in [-0.4, -0.2) is 26.3 Å². The standard InChI is InChI=1S/C14H13NO2.C7H6N4S/c16-14(17-13-9-5-2-6-10-13)15-11-12-7-3-1-4-8-12;12-7-8-9-10-11(7)6-4-2-1-3-5-6/h1-10H,11H2,(H,15,16);1-5H,(H,8,10,12). The van der Waals surface area contributed by atoms with Crippen molar-refractivity contribution in [1.29, 1.82) is 0 Å². The Morgan fingerprint density at radius 3 is 2.10 bits per heavy atom. The van der Waals surface area contributed by atoms with Crippen molar-refractivity contribution in [3.05, 3.63) is 101 Å². The van der Waals surface area contributed by atoms with Gasteiger partial charge < -0.3 is 10.1 Å². The van der Waals surface area contributed by atoms with Gasteiger partial charge in [0.2, 0.25) is 4.77 Å². The van der Waals surface area contributed by atoms with Crippen LogP contribution < -0.4 is 10.1 Å². The maximum absolute atomic E-state index is 11.5. The van der Waals surface area contributed by atoms with Gasteiger partial charge in [0.25, 0.3) is 0 Å². The van der Waals surface area contributed by atoms with E-state index in [1.54, 1.807) is 16.8 Å². The van der Waals surface area contributed by atoms with Crippen molar-refractivity contribution in [3.8, 4) is 11.4 Å². The van der Waals surface area contributed by atoms with Gasteiger partial charge in [-0.1, -0.05) is 77.0 Å². The molecule has 3 aromatic carbocycles. The first-order chi connectivity index (χ1) is 14.2. The molecule has 0 saturated carbocycles. The van der Waals surface area contributed by atoms with Gasteiger partial charge in [0.15, 0.2) is 0 Å². The molecule has 8 heteroatoms. The topological polar surface area (TPSA) is 84.8 Å². The van der Waals surface area contributed by atoms with Gasteiger partial charge in [-0.3, -0.25) is 0 Å². The van der Waals surface area contributed by atoms with Crippen molar-refractivity contribution in [3.63, 3.8) is 0 Å². The van der Waals surface area contributed by atoms with Crippen LogP contribution in [0, 0.1) is 4.77 Å². The van der Waals surface area contributed by atoms with Crippen molar-refractivity contribution < 1.29 is 9.53 Å². The highest BCUT2D eigenvalue weighted by Gasteiger charge is 2.02. The normalized spacial score (nSPS) is 9.79. The Morgan fingerprint density at radius 2 is 1.52 bits per heavy atom. The fourth-order valence-electron chi connectivity index (χ4n) is 2.34. The molecule has 1 heterocycles. The molecule has 0 aliphatic rings. The van der Waals surface area contributed by atoms with Crippen LogP contribution in [-0.2, 0) is 6.54 Å². The summed E-state index contributed by atoms with van der Waals surface area (Å²) in [5.41, 5.74) is 1.98. The van der Waals surface area contributed by atoms with E-state index in [0.717, 1.165) is 11.3 Å². The molecule has 0 aliphatic heterocycles. The quantitative estimate of drug-likeness (QED) is 0.495. The monoisotopic (exact) mass is 405 g/mol. The highest BCUT2D eigenvalue weighted by atomic mass is 32.1. The summed E-state index contributed by atoms with van der Waals surface area (Å²) in [6.07, 6.45) is -0.444. The molecule has 146 valence electrons. The highest BCUT2D eigenvalue weighted by Crippen LogP contribution is 2.08. The smallest absolute Gasteiger partial charge is 0.410 e. The largest absolute Gasteiger partial charge is 0.412 e. The maximum Gasteiger partial charge on any atom is 0.412 e. The molecule has 4 rings (SSSR count). The third kappa shape index (κ3) is 6.40. The number of H-pyrrole nitrogens is 1. The lowest BCUT2D eigenvalue weighted by Gasteiger charge is -2.06. The molecule has 29 heavy (non-hydrogen) atoms. The lowest BCUT2D eigenvalue weighted by atomic mass is 10.2. The van der Waals surface area contributed by atoms with Gasteiger partial charge in [-0.05, 0) is 42.0 Å². The van der Waals surface area contributed by atoms with Gasteiger partial charge in [0.05, 0.1) is 5.69 Å². The molecule has 7 nitrogen and oxygen atoms in total. The Balaban J connectivity index is 0.000000176. The predicted octanol–water partition coefficient (Wildman–Crippen LogP) is 4.30. The average molecular weight is 405 g/mol. The first-order valence-corrected chi connectivity index (χ1v) is 9.23. The summed E-state index contributed by atoms with van der Waals surface area (Å²) in [6.45, 7) is 0.465. The fraction of sp³-hybridized carbons (Fsp3) is 0.0476. The second kappa shape index (κ2) is 10.5. The van der Waals surface area contributed by atoms with E-state index in [2.05, 4.69) is 20.8 Å². The number of benzene rings is 3. The number of tetrazole rings is 1. The number of ether oxygens (including phenoxy) is 1. The van der Waals surface area contributed by atoms with E-state index in [1.807, 2.05) is 78.9 Å². The van der Waals surface area contributed by atoms with E-state index >= 15 is 0 Å². The van der Waals surface area contributed by atoms with Gasteiger partial charge in [-0.2, -0.15) is 5.21 Å². The molecule has 2 N–H and O–H groups in total. The minimum absolute atomic E-state index is 0.432. The molecule has 1 aromatic heterocycles. The van der Waals surface area contributed by atoms with E-state index in [9.17, 15) is 4.79 Å². The molecule has 0 spiro atoms. The average Bonchev–Trinajstić information content (AvgIpc) is 3.21. The van der Waals surface area contributed by atoms with Crippen LogP contribution in [0.5, 0.6) is 5.75 Å². The van der Waals surface area contributed by atoms with Crippen LogP contribution in [0.1, 0.15) is 5.56 Å². The Bertz CT molecular complexity index is 1070. The summed E-state index contributed by atoms with van der Waals surface area (Å²) in [5.74, 6) is 0.540. The minimum Gasteiger partial charge on any atom is -0.410 e. The summed E-state index contributed by atoms with van der Waals surface area (Å²) >= 11 is 4.93. The Morgan fingerprint density at radius 1 is 0.931 bits per heavy atom. The van der Waals surface area contributed by atoms with Crippen LogP contribution in [0.4, 0.5) is 4.79 Å². The Labute approximate surface area is 173 Å². The number of nitrogens with one attached hydrogen (secondary N) is 2. The molecular formula is C21H19N5O2S. The van der Waals surface area contributed by atoms with Crippen LogP contribution in [0.25, 0.3) is 5.69 Å². The van der Waals surface area contributed by atoms with Crippen LogP contribution >= 0.6 is 12.2 Å². The van der Waals surface area contributed by atoms with Crippen LogP contribution in [0.15, 0.2) is 91.0 Å². The van der Waals surface area contributed by atoms with Crippen molar-refractivity contribution in [2.75, 3.05) is 0 Å². The number of hydrogen-bond donors (Lipinski definition) is 2. The number of rotatable bonds is 4. The van der Waals surface area contributed by atoms with Crippen molar-refractivity contribution in [1.82, 2.24) is 25.5 Å². The molecular weight excluding hydrogens is 386 g/mol. The zero-order valence-corrected chi connectivity index (χ0v) is 16.3. The summed E-state index contributed by atoms with van der Waals surface area (Å²) in [5, 5.41) is 12.6. The third-order valence-corrected chi connectivity index (χ3v) is 3.98. The molecule has 0 saturated heterocycles. The molecule has 0 bridgehead atoms. The first-order valence-electron chi connectivity index (χ1n) is 8.82. The number of para-hydroxylation sites is 2. The first kappa shape index (κ1) is 20.0. The van der Waals surface area contributed by atoms with E-state index in [-0.39, 0.29) is 0 Å². The molecule has 0 radical (unpaired) electrons. The number of aromatic nitrogens is 4. The molecule has 4 aromatic rings. The lowest BCUT2D eigenvalue weighted by molar-refractivity contribution is 0.200. The number of aromatic amines is 1. The SMILES string of the molecule is O=C(NCc1ccccc1)Oc1ccccc1.S=c1nn[nH]n1-c1ccccc1. The summed E-state index contributed by atoms with van der Waals surface area (Å²) < 4.78 is 7.15. The van der Waals surface area contributed by atoms with Crippen LogP contribution in [0.2, 0.25) is 0 Å². The number of hydrogen-bond acceptors (Lipinski definition) is 5. The van der Waals surface area contributed by atoms with Gasteiger partial charge >= 0.3 is 6.09 Å². The molecule has 0 unspecified atom stereocenters. The zero-order chi connectivity index (χ0) is 20.3. The second-order valence-corrected chi connectivity index (χ2v) is 6.16. The Hall–Kier alpha value is -3.78. The van der Waals surface area contributed by atoms with Crippen molar-refractivity contribution in [2.24, 2.45) is 0 Å². The Kier molecular flexibility index (Phi) is 7.25. The number of amides is 1. The molecule has 0 aliphatic carbocycles. The number of carbonyl (C=O) groups excluding carboxylic acids is 1. The van der Waals surface area contributed by atoms with Gasteiger partial charge in [0, 0.05) is 6.54 Å². The summed E-state index contributed by atoms with van der Waals surface area (Å²) in [7, 11) is 0. The van der Waals surface area contributed by atoms with Gasteiger partial charge in [-0.15, -0.1) is 0 Å². The van der Waals surface area contributed by atoms with Gasteiger partial charge in [-0.25, -0.2) is 9.48 Å². The lowest BCUT2D eigenvalue weighted by Crippen LogP contribution is -2.26. The van der Waals surface area contributed by atoms with Crippen LogP contribution in [0.3, 0.4) is 0 Å². The van der Waals surface area contributed by atoms with Crippen molar-refractivity contribution >= 4 is 18.3 Å². The third-order valence-electron chi connectivity index (χ3n) is 3.72. The molecule has 0 atom stereocenters. The number of carbonyl (C=O) groups is 1. The van der Waals surface area contributed by atoms with E-state index in [0.29, 0.717) is 17.1 Å². The van der Waals surface area contributed by atoms with Gasteiger partial charge in [0.1, 0.15) is 5.75 Å². The van der Waals surface area contributed by atoms with Crippen molar-refractivity contribution in [2.45, 2.75) is 6.54 Å². The highest BCUT2D eigenvalue weighted by molar-refractivity contribution is 7.71. The fourth-order valence-corrected chi connectivity index (χ4v) is 2.53. The molecule has 1 amide bonds. The van der Waals surface area contributed by atoms with E-state index in [1.165, 1.54) is 0 Å². The predicted molar refractivity (Wildman–Crippen MR) is 112 cm³/mol. The number of nitrogens with zero attached hydrogens (tertiary/aromatic N) is 3.